The number of halogens is 3. The van der Waals surface area contributed by atoms with Crippen molar-refractivity contribution in [1.82, 2.24) is 4.90 Å². The van der Waals surface area contributed by atoms with E-state index < -0.39 is 17.5 Å². The van der Waals surface area contributed by atoms with E-state index in [0.717, 1.165) is 6.29 Å². The smallest absolute Gasteiger partial charge is 0.381 e. The van der Waals surface area contributed by atoms with Gasteiger partial charge in [-0.25, -0.2) is 0 Å². The molecule has 0 bridgehead atoms. The molecule has 0 aromatic rings. The first-order chi connectivity index (χ1) is 8.95. The van der Waals surface area contributed by atoms with Crippen molar-refractivity contribution >= 4 is 6.29 Å². The maximum atomic E-state index is 12.8. The van der Waals surface area contributed by atoms with Gasteiger partial charge in [0.05, 0.1) is 5.92 Å². The van der Waals surface area contributed by atoms with Gasteiger partial charge in [0.15, 0.2) is 0 Å². The Bertz CT molecular complexity index is 314. The van der Waals surface area contributed by atoms with E-state index in [0.29, 0.717) is 45.6 Å². The molecular weight excluding hydrogens is 259 g/mol. The summed E-state index contributed by atoms with van der Waals surface area (Å²) in [7, 11) is 0. The zero-order valence-corrected chi connectivity index (χ0v) is 10.9. The zero-order valence-electron chi connectivity index (χ0n) is 10.9. The first kappa shape index (κ1) is 14.8. The summed E-state index contributed by atoms with van der Waals surface area (Å²) in [5, 5.41) is 0. The van der Waals surface area contributed by atoms with Crippen LogP contribution in [0.4, 0.5) is 13.2 Å². The van der Waals surface area contributed by atoms with E-state index >= 15 is 0 Å². The Morgan fingerprint density at radius 3 is 2.58 bits per heavy atom. The van der Waals surface area contributed by atoms with Crippen LogP contribution < -0.4 is 0 Å². The molecule has 2 aliphatic heterocycles. The Hall–Kier alpha value is -0.620. The number of likely N-dealkylation sites (tertiary alicyclic amines) is 1. The van der Waals surface area contributed by atoms with Gasteiger partial charge in [0.25, 0.3) is 0 Å². The first-order valence-electron chi connectivity index (χ1n) is 6.78. The van der Waals surface area contributed by atoms with Gasteiger partial charge in [0.2, 0.25) is 0 Å². The number of hydrogen-bond acceptors (Lipinski definition) is 3. The number of carbonyl (C=O) groups is 1. The number of alkyl halides is 3. The molecule has 1 atom stereocenters. The van der Waals surface area contributed by atoms with Crippen LogP contribution in [0.5, 0.6) is 0 Å². The molecule has 2 aliphatic rings. The molecule has 0 radical (unpaired) electrons. The van der Waals surface area contributed by atoms with Gasteiger partial charge in [-0.15, -0.1) is 0 Å². The zero-order chi connectivity index (χ0) is 13.9. The maximum absolute atomic E-state index is 12.8. The van der Waals surface area contributed by atoms with E-state index in [2.05, 4.69) is 0 Å². The molecule has 0 N–H and O–H groups in total. The minimum Gasteiger partial charge on any atom is -0.381 e. The Morgan fingerprint density at radius 2 is 2.00 bits per heavy atom. The van der Waals surface area contributed by atoms with Gasteiger partial charge in [0.1, 0.15) is 6.29 Å². The van der Waals surface area contributed by atoms with Gasteiger partial charge < -0.3 is 14.4 Å². The fourth-order valence-electron chi connectivity index (χ4n) is 3.00. The summed E-state index contributed by atoms with van der Waals surface area (Å²) in [5.74, 6) is -1.25. The second-order valence-corrected chi connectivity index (χ2v) is 5.71. The molecule has 2 heterocycles. The van der Waals surface area contributed by atoms with Gasteiger partial charge >= 0.3 is 6.18 Å². The molecule has 1 unspecified atom stereocenters. The summed E-state index contributed by atoms with van der Waals surface area (Å²) in [5.41, 5.74) is -0.508. The predicted molar refractivity (Wildman–Crippen MR) is 63.8 cm³/mol. The topological polar surface area (TPSA) is 29.5 Å². The first-order valence-corrected chi connectivity index (χ1v) is 6.78. The number of rotatable bonds is 3. The number of hydrogen-bond donors (Lipinski definition) is 0. The lowest BCUT2D eigenvalue weighted by Crippen LogP contribution is -2.48. The molecule has 0 aromatic heterocycles. The van der Waals surface area contributed by atoms with Gasteiger partial charge in [-0.2, -0.15) is 13.2 Å². The van der Waals surface area contributed by atoms with Crippen molar-refractivity contribution in [3.8, 4) is 0 Å². The normalized spacial score (nSPS) is 29.1. The second-order valence-electron chi connectivity index (χ2n) is 5.71. The highest BCUT2D eigenvalue weighted by molar-refractivity contribution is 5.60. The number of carbonyl (C=O) groups excluding carboxylic acids is 1. The lowest BCUT2D eigenvalue weighted by molar-refractivity contribution is -0.188. The summed E-state index contributed by atoms with van der Waals surface area (Å²) >= 11 is 0. The molecule has 0 amide bonds. The quantitative estimate of drug-likeness (QED) is 0.742. The summed E-state index contributed by atoms with van der Waals surface area (Å²) in [6, 6.07) is 0. The SMILES string of the molecule is O=CC1(CN2CCCC(C(F)(F)F)C2)CCOCC1. The lowest BCUT2D eigenvalue weighted by Gasteiger charge is -2.40. The third kappa shape index (κ3) is 3.69. The molecule has 0 aromatic carbocycles. The van der Waals surface area contributed by atoms with Gasteiger partial charge in [-0.1, -0.05) is 0 Å². The molecule has 19 heavy (non-hydrogen) atoms. The van der Waals surface area contributed by atoms with E-state index in [-0.39, 0.29) is 13.0 Å². The molecule has 3 nitrogen and oxygen atoms in total. The molecule has 110 valence electrons. The van der Waals surface area contributed by atoms with Crippen molar-refractivity contribution in [3.63, 3.8) is 0 Å². The van der Waals surface area contributed by atoms with E-state index in [1.165, 1.54) is 0 Å². The summed E-state index contributed by atoms with van der Waals surface area (Å²) in [4.78, 5) is 13.1. The van der Waals surface area contributed by atoms with Gasteiger partial charge in [0, 0.05) is 31.7 Å². The summed E-state index contributed by atoms with van der Waals surface area (Å²) in [6.07, 6.45) is -1.21. The number of nitrogens with zero attached hydrogens (tertiary/aromatic N) is 1. The van der Waals surface area contributed by atoms with Gasteiger partial charge in [-0.3, -0.25) is 0 Å². The Labute approximate surface area is 111 Å². The molecule has 2 fully saturated rings. The fraction of sp³-hybridized carbons (Fsp3) is 0.923. The minimum atomic E-state index is -4.12. The number of ether oxygens (including phenoxy) is 1. The summed E-state index contributed by atoms with van der Waals surface area (Å²) in [6.45, 7) is 2.17. The monoisotopic (exact) mass is 279 g/mol. The van der Waals surface area contributed by atoms with Crippen LogP contribution in [0, 0.1) is 11.3 Å². The van der Waals surface area contributed by atoms with Crippen molar-refractivity contribution < 1.29 is 22.7 Å². The van der Waals surface area contributed by atoms with Crippen LogP contribution in [0.15, 0.2) is 0 Å². The maximum Gasteiger partial charge on any atom is 0.393 e. The minimum absolute atomic E-state index is 0.0277. The van der Waals surface area contributed by atoms with Crippen molar-refractivity contribution in [2.75, 3.05) is 32.8 Å². The van der Waals surface area contributed by atoms with Crippen LogP contribution >= 0.6 is 0 Å². The largest absolute Gasteiger partial charge is 0.393 e. The van der Waals surface area contributed by atoms with E-state index in [9.17, 15) is 18.0 Å². The predicted octanol–water partition coefficient (Wildman–Crippen LogP) is 2.26. The van der Waals surface area contributed by atoms with Crippen molar-refractivity contribution in [3.05, 3.63) is 0 Å². The standard InChI is InChI=1S/C13H20F3NO2/c14-13(15,16)11-2-1-5-17(8-11)9-12(10-18)3-6-19-7-4-12/h10-11H,1-9H2. The highest BCUT2D eigenvalue weighted by atomic mass is 19.4. The number of piperidine rings is 1. The van der Waals surface area contributed by atoms with Crippen LogP contribution in [0.2, 0.25) is 0 Å². The van der Waals surface area contributed by atoms with Crippen molar-refractivity contribution in [2.45, 2.75) is 31.9 Å². The molecule has 6 heteroatoms. The Balaban J connectivity index is 1.96. The molecule has 0 aliphatic carbocycles. The van der Waals surface area contributed by atoms with Crippen molar-refractivity contribution in [2.24, 2.45) is 11.3 Å². The van der Waals surface area contributed by atoms with Crippen LogP contribution in [0.1, 0.15) is 25.7 Å². The third-order valence-corrected chi connectivity index (χ3v) is 4.25. The van der Waals surface area contributed by atoms with Crippen LogP contribution in [0.3, 0.4) is 0 Å². The average molecular weight is 279 g/mol. The lowest BCUT2D eigenvalue weighted by atomic mass is 9.80. The van der Waals surface area contributed by atoms with Crippen LogP contribution in [0.25, 0.3) is 0 Å². The van der Waals surface area contributed by atoms with Crippen molar-refractivity contribution in [1.29, 1.82) is 0 Å². The Kier molecular flexibility index (Phi) is 4.50. The fourth-order valence-corrected chi connectivity index (χ4v) is 3.00. The van der Waals surface area contributed by atoms with Gasteiger partial charge in [-0.05, 0) is 32.2 Å². The highest BCUT2D eigenvalue weighted by Crippen LogP contribution is 2.35. The van der Waals surface area contributed by atoms with Crippen LogP contribution in [-0.2, 0) is 9.53 Å². The van der Waals surface area contributed by atoms with E-state index in [4.69, 9.17) is 4.74 Å². The van der Waals surface area contributed by atoms with Crippen LogP contribution in [-0.4, -0.2) is 50.2 Å². The van der Waals surface area contributed by atoms with E-state index in [1.54, 1.807) is 4.90 Å². The van der Waals surface area contributed by atoms with E-state index in [1.807, 2.05) is 0 Å². The molecule has 2 rings (SSSR count). The molecular formula is C13H20F3NO2. The average Bonchev–Trinajstić information content (AvgIpc) is 2.39. The second kappa shape index (κ2) is 5.79. The third-order valence-electron chi connectivity index (χ3n) is 4.25. The Morgan fingerprint density at radius 1 is 1.32 bits per heavy atom. The summed E-state index contributed by atoms with van der Waals surface area (Å²) < 4.78 is 43.5. The number of aldehydes is 1. The highest BCUT2D eigenvalue weighted by Gasteiger charge is 2.43. The molecule has 2 saturated heterocycles. The molecule has 0 saturated carbocycles. The molecule has 0 spiro atoms.